The van der Waals surface area contributed by atoms with Crippen LogP contribution in [-0.2, 0) is 0 Å². The molecule has 2 unspecified atom stereocenters. The molecule has 0 spiro atoms. The Bertz CT molecular complexity index is 426. The highest BCUT2D eigenvalue weighted by Gasteiger charge is 2.42. The van der Waals surface area contributed by atoms with Gasteiger partial charge < -0.3 is 0 Å². The summed E-state index contributed by atoms with van der Waals surface area (Å²) < 4.78 is 0. The molecular formula is C18H25N. The van der Waals surface area contributed by atoms with Crippen molar-refractivity contribution in [1.82, 2.24) is 4.90 Å². The monoisotopic (exact) mass is 255 g/mol. The molecule has 1 aromatic rings. The summed E-state index contributed by atoms with van der Waals surface area (Å²) in [6.07, 6.45) is 7.29. The molecule has 3 saturated heterocycles. The van der Waals surface area contributed by atoms with Crippen molar-refractivity contribution in [1.29, 1.82) is 0 Å². The highest BCUT2D eigenvalue weighted by atomic mass is 15.2. The van der Waals surface area contributed by atoms with Crippen molar-refractivity contribution in [3.63, 3.8) is 0 Å². The molecule has 0 N–H and O–H groups in total. The molecule has 1 heteroatoms. The number of aryl methyl sites for hydroxylation is 1. The molecule has 2 atom stereocenters. The normalized spacial score (nSPS) is 33.3. The lowest BCUT2D eigenvalue weighted by atomic mass is 9.69. The van der Waals surface area contributed by atoms with E-state index in [0.717, 1.165) is 24.3 Å². The third-order valence-corrected chi connectivity index (χ3v) is 5.09. The van der Waals surface area contributed by atoms with Gasteiger partial charge in [-0.25, -0.2) is 0 Å². The molecule has 19 heavy (non-hydrogen) atoms. The van der Waals surface area contributed by atoms with E-state index in [0.29, 0.717) is 0 Å². The number of hydrogen-bond donors (Lipinski definition) is 0. The molecule has 1 aromatic carbocycles. The van der Waals surface area contributed by atoms with Gasteiger partial charge in [0, 0.05) is 12.0 Å². The summed E-state index contributed by atoms with van der Waals surface area (Å²) in [5.74, 6) is 1.66. The van der Waals surface area contributed by atoms with Crippen LogP contribution in [0.1, 0.15) is 42.7 Å². The molecule has 3 aliphatic heterocycles. The van der Waals surface area contributed by atoms with E-state index in [1.807, 2.05) is 0 Å². The first-order chi connectivity index (χ1) is 9.29. The molecule has 4 rings (SSSR count). The number of piperidine rings is 3. The average molecular weight is 255 g/mol. The molecule has 0 saturated carbocycles. The first-order valence-corrected chi connectivity index (χ1v) is 7.71. The van der Waals surface area contributed by atoms with E-state index in [1.165, 1.54) is 37.9 Å². The van der Waals surface area contributed by atoms with Gasteiger partial charge in [0.2, 0.25) is 0 Å². The van der Waals surface area contributed by atoms with Crippen molar-refractivity contribution in [3.8, 4) is 0 Å². The second-order valence-corrected chi connectivity index (χ2v) is 6.24. The summed E-state index contributed by atoms with van der Waals surface area (Å²) in [6.45, 7) is 8.70. The lowest BCUT2D eigenvalue weighted by Crippen LogP contribution is -2.53. The maximum absolute atomic E-state index is 3.90. The molecule has 102 valence electrons. The Morgan fingerprint density at radius 2 is 1.89 bits per heavy atom. The van der Waals surface area contributed by atoms with Gasteiger partial charge in [0.05, 0.1) is 0 Å². The molecular weight excluding hydrogens is 230 g/mol. The maximum Gasteiger partial charge on any atom is 0.0170 e. The van der Waals surface area contributed by atoms with Crippen LogP contribution in [0.4, 0.5) is 0 Å². The quantitative estimate of drug-likeness (QED) is 0.731. The highest BCUT2D eigenvalue weighted by molar-refractivity contribution is 5.28. The Morgan fingerprint density at radius 1 is 1.21 bits per heavy atom. The molecule has 0 aliphatic carbocycles. The van der Waals surface area contributed by atoms with Crippen molar-refractivity contribution in [2.24, 2.45) is 5.92 Å². The van der Waals surface area contributed by atoms with E-state index in [1.54, 1.807) is 5.56 Å². The van der Waals surface area contributed by atoms with Gasteiger partial charge in [-0.1, -0.05) is 35.9 Å². The van der Waals surface area contributed by atoms with Crippen molar-refractivity contribution < 1.29 is 0 Å². The second-order valence-electron chi connectivity index (χ2n) is 6.24. The predicted octanol–water partition coefficient (Wildman–Crippen LogP) is 4.14. The molecule has 0 aromatic heterocycles. The standard InChI is InChI=1S/C18H25N/c1-3-4-5-17-18(15-8-6-14(2)7-9-15)16-10-12-19(17)13-11-16/h3,6-9,16-18H,1,4-5,10-13H2,2H3. The Hall–Kier alpha value is -1.08. The lowest BCUT2D eigenvalue weighted by molar-refractivity contribution is 0.0217. The van der Waals surface area contributed by atoms with Crippen LogP contribution in [0.15, 0.2) is 36.9 Å². The van der Waals surface area contributed by atoms with E-state index < -0.39 is 0 Å². The summed E-state index contributed by atoms with van der Waals surface area (Å²) in [7, 11) is 0. The number of hydrogen-bond acceptors (Lipinski definition) is 1. The third kappa shape index (κ3) is 2.49. The minimum atomic E-state index is 0.744. The van der Waals surface area contributed by atoms with Crippen LogP contribution in [0.25, 0.3) is 0 Å². The molecule has 3 heterocycles. The number of allylic oxidation sites excluding steroid dienone is 1. The minimum absolute atomic E-state index is 0.744. The van der Waals surface area contributed by atoms with Gasteiger partial charge in [-0.05, 0) is 57.2 Å². The van der Waals surface area contributed by atoms with Crippen LogP contribution in [0.5, 0.6) is 0 Å². The lowest BCUT2D eigenvalue weighted by Gasteiger charge is -2.51. The zero-order valence-electron chi connectivity index (χ0n) is 12.0. The maximum atomic E-state index is 3.90. The van der Waals surface area contributed by atoms with Crippen LogP contribution in [0, 0.1) is 12.8 Å². The molecule has 2 bridgehead atoms. The third-order valence-electron chi connectivity index (χ3n) is 5.09. The van der Waals surface area contributed by atoms with Gasteiger partial charge in [-0.2, -0.15) is 0 Å². The van der Waals surface area contributed by atoms with Gasteiger partial charge in [-0.15, -0.1) is 6.58 Å². The predicted molar refractivity (Wildman–Crippen MR) is 81.4 cm³/mol. The number of nitrogens with zero attached hydrogens (tertiary/aromatic N) is 1. The van der Waals surface area contributed by atoms with Gasteiger partial charge in [0.1, 0.15) is 0 Å². The minimum Gasteiger partial charge on any atom is -0.300 e. The summed E-state index contributed by atoms with van der Waals surface area (Å²) in [5, 5.41) is 0. The zero-order valence-corrected chi connectivity index (χ0v) is 12.0. The van der Waals surface area contributed by atoms with Gasteiger partial charge in [0.15, 0.2) is 0 Å². The van der Waals surface area contributed by atoms with Gasteiger partial charge in [-0.3, -0.25) is 4.90 Å². The van der Waals surface area contributed by atoms with Crippen LogP contribution >= 0.6 is 0 Å². The van der Waals surface area contributed by atoms with E-state index in [9.17, 15) is 0 Å². The van der Waals surface area contributed by atoms with Gasteiger partial charge in [0.25, 0.3) is 0 Å². The van der Waals surface area contributed by atoms with Crippen LogP contribution < -0.4 is 0 Å². The number of benzene rings is 1. The Labute approximate surface area is 117 Å². The smallest absolute Gasteiger partial charge is 0.0170 e. The SMILES string of the molecule is C=CCCC1C(c2ccc(C)cc2)C2CCN1CC2. The topological polar surface area (TPSA) is 3.24 Å². The van der Waals surface area contributed by atoms with Crippen molar-refractivity contribution in [2.75, 3.05) is 13.1 Å². The van der Waals surface area contributed by atoms with Gasteiger partial charge >= 0.3 is 0 Å². The summed E-state index contributed by atoms with van der Waals surface area (Å²) in [4.78, 5) is 2.73. The average Bonchev–Trinajstić information content (AvgIpc) is 2.47. The van der Waals surface area contributed by atoms with E-state index in [4.69, 9.17) is 0 Å². The number of rotatable bonds is 4. The molecule has 1 nitrogen and oxygen atoms in total. The Morgan fingerprint density at radius 3 is 2.53 bits per heavy atom. The summed E-state index contributed by atoms with van der Waals surface area (Å²) >= 11 is 0. The van der Waals surface area contributed by atoms with E-state index in [2.05, 4.69) is 48.7 Å². The largest absolute Gasteiger partial charge is 0.300 e. The fourth-order valence-electron chi connectivity index (χ4n) is 4.09. The molecule has 3 aliphatic rings. The van der Waals surface area contributed by atoms with E-state index >= 15 is 0 Å². The molecule has 0 amide bonds. The van der Waals surface area contributed by atoms with Crippen LogP contribution in [-0.4, -0.2) is 24.0 Å². The Kier molecular flexibility index (Phi) is 3.74. The second kappa shape index (κ2) is 5.50. The van der Waals surface area contributed by atoms with Crippen molar-refractivity contribution in [2.45, 2.75) is 44.6 Å². The summed E-state index contributed by atoms with van der Waals surface area (Å²) in [5.41, 5.74) is 2.93. The van der Waals surface area contributed by atoms with Crippen LogP contribution in [0.2, 0.25) is 0 Å². The first-order valence-electron chi connectivity index (χ1n) is 7.71. The highest BCUT2D eigenvalue weighted by Crippen LogP contribution is 2.44. The van der Waals surface area contributed by atoms with E-state index in [-0.39, 0.29) is 0 Å². The zero-order chi connectivity index (χ0) is 13.2. The van der Waals surface area contributed by atoms with Crippen molar-refractivity contribution >= 4 is 0 Å². The molecule has 3 fully saturated rings. The molecule has 0 radical (unpaired) electrons. The first kappa shape index (κ1) is 12.9. The van der Waals surface area contributed by atoms with Crippen LogP contribution in [0.3, 0.4) is 0 Å². The summed E-state index contributed by atoms with van der Waals surface area (Å²) in [6, 6.07) is 10.0. The Balaban J connectivity index is 1.86. The fraction of sp³-hybridized carbons (Fsp3) is 0.556. The van der Waals surface area contributed by atoms with Crippen molar-refractivity contribution in [3.05, 3.63) is 48.0 Å². The number of fused-ring (bicyclic) bond motifs is 3. The fourth-order valence-corrected chi connectivity index (χ4v) is 4.09.